The third kappa shape index (κ3) is 4.41. The Labute approximate surface area is 138 Å². The molecule has 1 atom stereocenters. The first-order valence-electron chi connectivity index (χ1n) is 7.26. The van der Waals surface area contributed by atoms with Crippen LogP contribution in [0.25, 0.3) is 0 Å². The first kappa shape index (κ1) is 17.2. The topological polar surface area (TPSA) is 90.8 Å². The lowest BCUT2D eigenvalue weighted by Crippen LogP contribution is -2.47. The number of carboxylic acid groups (broad SMARTS) is 1. The number of likely N-dealkylation sites (tertiary alicyclic amines) is 1. The van der Waals surface area contributed by atoms with Gasteiger partial charge in [0, 0.05) is 26.3 Å². The number of carbonyl (C=O) groups is 3. The molecule has 2 heterocycles. The highest BCUT2D eigenvalue weighted by atomic mass is 35.5. The normalized spacial score (nSPS) is 17.7. The summed E-state index contributed by atoms with van der Waals surface area (Å²) in [5, 5.41) is 9.48. The second kappa shape index (κ2) is 7.41. The van der Waals surface area contributed by atoms with Gasteiger partial charge in [-0.15, -0.1) is 0 Å². The van der Waals surface area contributed by atoms with Crippen LogP contribution in [-0.4, -0.2) is 64.4 Å². The fraction of sp³-hybridized carbons (Fsp3) is 0.467. The van der Waals surface area contributed by atoms with E-state index in [2.05, 4.69) is 4.98 Å². The number of nitrogens with zero attached hydrogens (tertiary/aromatic N) is 3. The van der Waals surface area contributed by atoms with Crippen LogP contribution < -0.4 is 0 Å². The Kier molecular flexibility index (Phi) is 5.54. The summed E-state index contributed by atoms with van der Waals surface area (Å²) in [5.41, 5.74) is 0.201. The molecule has 1 aliphatic heterocycles. The second-order valence-corrected chi connectivity index (χ2v) is 5.98. The lowest BCUT2D eigenvalue weighted by Gasteiger charge is -2.32. The van der Waals surface area contributed by atoms with E-state index in [0.717, 1.165) is 0 Å². The Hall–Kier alpha value is -2.15. The Morgan fingerprint density at radius 1 is 1.43 bits per heavy atom. The average molecular weight is 340 g/mol. The lowest BCUT2D eigenvalue weighted by molar-refractivity contribution is -0.145. The number of amides is 2. The molecule has 124 valence electrons. The van der Waals surface area contributed by atoms with Crippen LogP contribution in [0.15, 0.2) is 18.3 Å². The number of hydrogen-bond acceptors (Lipinski definition) is 4. The molecule has 1 aliphatic rings. The molecular weight excluding hydrogens is 322 g/mol. The number of aliphatic carboxylic acids is 1. The summed E-state index contributed by atoms with van der Waals surface area (Å²) in [6.07, 6.45) is 2.59. The highest BCUT2D eigenvalue weighted by Crippen LogP contribution is 2.17. The van der Waals surface area contributed by atoms with Crippen LogP contribution in [0.5, 0.6) is 0 Å². The second-order valence-electron chi connectivity index (χ2n) is 5.54. The minimum atomic E-state index is -0.891. The van der Waals surface area contributed by atoms with E-state index in [4.69, 9.17) is 16.7 Å². The molecule has 0 bridgehead atoms. The summed E-state index contributed by atoms with van der Waals surface area (Å²) >= 11 is 5.72. The van der Waals surface area contributed by atoms with E-state index in [9.17, 15) is 14.4 Å². The van der Waals surface area contributed by atoms with Gasteiger partial charge < -0.3 is 14.9 Å². The quantitative estimate of drug-likeness (QED) is 0.888. The highest BCUT2D eigenvalue weighted by Gasteiger charge is 2.29. The predicted octanol–water partition coefficient (Wildman–Crippen LogP) is 1.13. The third-order valence-corrected chi connectivity index (χ3v) is 4.01. The van der Waals surface area contributed by atoms with E-state index in [0.29, 0.717) is 24.4 Å². The van der Waals surface area contributed by atoms with Gasteiger partial charge >= 0.3 is 5.97 Å². The molecule has 8 heteroatoms. The van der Waals surface area contributed by atoms with Crippen molar-refractivity contribution in [3.63, 3.8) is 0 Å². The van der Waals surface area contributed by atoms with Gasteiger partial charge in [-0.2, -0.15) is 0 Å². The van der Waals surface area contributed by atoms with Crippen molar-refractivity contribution in [2.45, 2.75) is 12.8 Å². The number of piperidine rings is 1. The Morgan fingerprint density at radius 2 is 2.17 bits per heavy atom. The van der Waals surface area contributed by atoms with Gasteiger partial charge in [0.1, 0.15) is 5.69 Å². The molecule has 7 nitrogen and oxygen atoms in total. The third-order valence-electron chi connectivity index (χ3n) is 3.79. The number of likely N-dealkylation sites (N-methyl/N-ethyl adjacent to an activating group) is 1. The smallest absolute Gasteiger partial charge is 0.308 e. The van der Waals surface area contributed by atoms with Gasteiger partial charge in [-0.1, -0.05) is 11.6 Å². The number of carbonyl (C=O) groups excluding carboxylic acids is 2. The zero-order valence-electron chi connectivity index (χ0n) is 12.7. The van der Waals surface area contributed by atoms with Crippen LogP contribution in [0.1, 0.15) is 23.3 Å². The number of pyridine rings is 1. The molecule has 0 aliphatic carbocycles. The van der Waals surface area contributed by atoms with E-state index >= 15 is 0 Å². The molecule has 1 unspecified atom stereocenters. The van der Waals surface area contributed by atoms with Crippen molar-refractivity contribution in [3.05, 3.63) is 29.0 Å². The van der Waals surface area contributed by atoms with Crippen LogP contribution in [0.3, 0.4) is 0 Å². The number of aromatic nitrogens is 1. The van der Waals surface area contributed by atoms with E-state index in [1.807, 2.05) is 0 Å². The molecular formula is C15H18ClN3O4. The predicted molar refractivity (Wildman–Crippen MR) is 83.1 cm³/mol. The maximum Gasteiger partial charge on any atom is 0.308 e. The van der Waals surface area contributed by atoms with Crippen molar-refractivity contribution >= 4 is 29.4 Å². The molecule has 0 saturated carbocycles. The summed E-state index contributed by atoms with van der Waals surface area (Å²) in [6, 6.07) is 3.05. The Morgan fingerprint density at radius 3 is 2.78 bits per heavy atom. The molecule has 1 N–H and O–H groups in total. The molecule has 2 rings (SSSR count). The molecule has 1 saturated heterocycles. The maximum absolute atomic E-state index is 12.3. The first-order chi connectivity index (χ1) is 10.9. The summed E-state index contributed by atoms with van der Waals surface area (Å²) in [5.74, 6) is -2.08. The fourth-order valence-electron chi connectivity index (χ4n) is 2.48. The zero-order chi connectivity index (χ0) is 17.0. The molecule has 23 heavy (non-hydrogen) atoms. The molecule has 1 aromatic heterocycles. The van der Waals surface area contributed by atoms with Crippen molar-refractivity contribution in [3.8, 4) is 0 Å². The van der Waals surface area contributed by atoms with Crippen LogP contribution in [-0.2, 0) is 9.59 Å². The minimum Gasteiger partial charge on any atom is -0.481 e. The molecule has 1 fully saturated rings. The average Bonchev–Trinajstić information content (AvgIpc) is 2.54. The van der Waals surface area contributed by atoms with Crippen LogP contribution in [0.2, 0.25) is 5.02 Å². The molecule has 0 radical (unpaired) electrons. The van der Waals surface area contributed by atoms with Crippen LogP contribution >= 0.6 is 11.6 Å². The van der Waals surface area contributed by atoms with Gasteiger partial charge in [-0.25, -0.2) is 4.98 Å². The molecule has 2 amide bonds. The van der Waals surface area contributed by atoms with Gasteiger partial charge in [-0.3, -0.25) is 14.4 Å². The number of halogens is 1. The van der Waals surface area contributed by atoms with Gasteiger partial charge in [0.15, 0.2) is 0 Å². The van der Waals surface area contributed by atoms with Gasteiger partial charge in [0.2, 0.25) is 5.91 Å². The van der Waals surface area contributed by atoms with Crippen molar-refractivity contribution in [2.24, 2.45) is 5.92 Å². The van der Waals surface area contributed by atoms with Gasteiger partial charge in [-0.05, 0) is 25.0 Å². The van der Waals surface area contributed by atoms with E-state index in [1.165, 1.54) is 29.1 Å². The standard InChI is InChI=1S/C15H18ClN3O4/c1-18(14(21)12-5-4-11(16)7-17-12)9-13(20)19-6-2-3-10(8-19)15(22)23/h4-5,7,10H,2-3,6,8-9H2,1H3,(H,22,23). The molecule has 0 aromatic carbocycles. The van der Waals surface area contributed by atoms with Crippen molar-refractivity contribution in [1.82, 2.24) is 14.8 Å². The molecule has 0 spiro atoms. The minimum absolute atomic E-state index is 0.116. The number of carboxylic acids is 1. The monoisotopic (exact) mass is 339 g/mol. The lowest BCUT2D eigenvalue weighted by atomic mass is 9.98. The summed E-state index contributed by atoms with van der Waals surface area (Å²) in [4.78, 5) is 42.2. The first-order valence-corrected chi connectivity index (χ1v) is 7.64. The largest absolute Gasteiger partial charge is 0.481 e. The number of rotatable bonds is 4. The van der Waals surface area contributed by atoms with E-state index < -0.39 is 11.9 Å². The van der Waals surface area contributed by atoms with Gasteiger partial charge in [0.25, 0.3) is 5.91 Å². The fourth-order valence-corrected chi connectivity index (χ4v) is 2.59. The number of hydrogen-bond donors (Lipinski definition) is 1. The van der Waals surface area contributed by atoms with E-state index in [1.54, 1.807) is 6.07 Å². The Balaban J connectivity index is 1.95. The summed E-state index contributed by atoms with van der Waals surface area (Å²) < 4.78 is 0. The maximum atomic E-state index is 12.3. The van der Waals surface area contributed by atoms with Crippen LogP contribution in [0.4, 0.5) is 0 Å². The van der Waals surface area contributed by atoms with Crippen molar-refractivity contribution in [1.29, 1.82) is 0 Å². The highest BCUT2D eigenvalue weighted by molar-refractivity contribution is 6.30. The van der Waals surface area contributed by atoms with Crippen molar-refractivity contribution < 1.29 is 19.5 Å². The molecule has 1 aromatic rings. The van der Waals surface area contributed by atoms with E-state index in [-0.39, 0.29) is 30.6 Å². The summed E-state index contributed by atoms with van der Waals surface area (Å²) in [6.45, 7) is 0.592. The SMILES string of the molecule is CN(CC(=O)N1CCCC(C(=O)O)C1)C(=O)c1ccc(Cl)cn1. The van der Waals surface area contributed by atoms with Gasteiger partial charge in [0.05, 0.1) is 17.5 Å². The van der Waals surface area contributed by atoms with Crippen LogP contribution in [0, 0.1) is 5.92 Å². The zero-order valence-corrected chi connectivity index (χ0v) is 13.5. The Bertz CT molecular complexity index is 605. The summed E-state index contributed by atoms with van der Waals surface area (Å²) in [7, 11) is 1.51. The van der Waals surface area contributed by atoms with Crippen molar-refractivity contribution in [2.75, 3.05) is 26.7 Å².